The molecule has 2 aromatic heterocycles. The lowest BCUT2D eigenvalue weighted by molar-refractivity contribution is 0.560. The van der Waals surface area contributed by atoms with Crippen molar-refractivity contribution in [2.75, 3.05) is 5.73 Å². The summed E-state index contributed by atoms with van der Waals surface area (Å²) in [6, 6.07) is 7.05. The van der Waals surface area contributed by atoms with Crippen LogP contribution in [0.2, 0.25) is 0 Å². The van der Waals surface area contributed by atoms with Crippen LogP contribution >= 0.6 is 0 Å². The molecule has 0 radical (unpaired) electrons. The van der Waals surface area contributed by atoms with Crippen LogP contribution in [0, 0.1) is 13.8 Å². The van der Waals surface area contributed by atoms with Crippen molar-refractivity contribution in [3.8, 4) is 0 Å². The number of anilines is 1. The van der Waals surface area contributed by atoms with Gasteiger partial charge in [0.1, 0.15) is 5.58 Å². The molecule has 0 saturated heterocycles. The number of hydrogen-bond acceptors (Lipinski definition) is 5. The first-order chi connectivity index (χ1) is 10.0. The molecule has 0 aliphatic rings. The number of fused-ring (bicyclic) bond motifs is 1. The SMILES string of the molecule is Cc1cn(N=Cc2ccc3c(C)cc(=O)oc3c2)c(N)n1. The molecule has 6 nitrogen and oxygen atoms in total. The van der Waals surface area contributed by atoms with Gasteiger partial charge in [-0.2, -0.15) is 5.10 Å². The van der Waals surface area contributed by atoms with E-state index in [1.165, 1.54) is 10.7 Å². The number of aromatic nitrogens is 2. The standard InChI is InChI=1S/C15H14N4O2/c1-9-5-14(20)21-13-6-11(3-4-12(9)13)7-17-19-8-10(2)18-15(19)16/h3-8H,1-2H3,(H2,16,18). The van der Waals surface area contributed by atoms with Gasteiger partial charge in [0, 0.05) is 11.5 Å². The topological polar surface area (TPSA) is 86.4 Å². The van der Waals surface area contributed by atoms with Crippen LogP contribution in [0.15, 0.2) is 44.8 Å². The lowest BCUT2D eigenvalue weighted by atomic mass is 10.1. The van der Waals surface area contributed by atoms with E-state index in [1.807, 2.05) is 26.0 Å². The summed E-state index contributed by atoms with van der Waals surface area (Å²) in [6.07, 6.45) is 3.37. The van der Waals surface area contributed by atoms with E-state index in [2.05, 4.69) is 10.1 Å². The van der Waals surface area contributed by atoms with E-state index in [0.717, 1.165) is 22.2 Å². The summed E-state index contributed by atoms with van der Waals surface area (Å²) < 4.78 is 6.69. The van der Waals surface area contributed by atoms with E-state index < -0.39 is 0 Å². The van der Waals surface area contributed by atoms with Gasteiger partial charge in [0.25, 0.3) is 0 Å². The second-order valence-corrected chi connectivity index (χ2v) is 4.83. The Hall–Kier alpha value is -2.89. The minimum Gasteiger partial charge on any atom is -0.423 e. The number of nitrogens with two attached hydrogens (primary N) is 1. The minimum absolute atomic E-state index is 0.326. The third-order valence-electron chi connectivity index (χ3n) is 3.14. The number of rotatable bonds is 2. The second kappa shape index (κ2) is 4.90. The van der Waals surface area contributed by atoms with Gasteiger partial charge in [0.05, 0.1) is 18.1 Å². The van der Waals surface area contributed by atoms with Crippen molar-refractivity contribution in [3.63, 3.8) is 0 Å². The molecule has 0 saturated carbocycles. The molecule has 0 fully saturated rings. The molecule has 3 rings (SSSR count). The molecule has 6 heteroatoms. The fourth-order valence-electron chi connectivity index (χ4n) is 2.15. The highest BCUT2D eigenvalue weighted by molar-refractivity contribution is 5.88. The second-order valence-electron chi connectivity index (χ2n) is 4.83. The normalized spacial score (nSPS) is 11.5. The Morgan fingerprint density at radius 2 is 2.14 bits per heavy atom. The summed E-state index contributed by atoms with van der Waals surface area (Å²) in [5.41, 5.74) is 8.39. The molecule has 106 valence electrons. The lowest BCUT2D eigenvalue weighted by Gasteiger charge is -2.01. The maximum Gasteiger partial charge on any atom is 0.336 e. The highest BCUT2D eigenvalue weighted by atomic mass is 16.4. The summed E-state index contributed by atoms with van der Waals surface area (Å²) in [7, 11) is 0. The van der Waals surface area contributed by atoms with Crippen LogP contribution in [-0.2, 0) is 0 Å². The van der Waals surface area contributed by atoms with Crippen molar-refractivity contribution in [2.45, 2.75) is 13.8 Å². The summed E-state index contributed by atoms with van der Waals surface area (Å²) >= 11 is 0. The molecule has 0 bridgehead atoms. The van der Waals surface area contributed by atoms with Gasteiger partial charge in [0.2, 0.25) is 5.95 Å². The highest BCUT2D eigenvalue weighted by Crippen LogP contribution is 2.17. The molecule has 0 aliphatic carbocycles. The first-order valence-corrected chi connectivity index (χ1v) is 6.43. The van der Waals surface area contributed by atoms with Gasteiger partial charge in [0.15, 0.2) is 0 Å². The molecule has 0 amide bonds. The van der Waals surface area contributed by atoms with Crippen molar-refractivity contribution in [1.29, 1.82) is 0 Å². The Morgan fingerprint density at radius 1 is 1.33 bits per heavy atom. The maximum atomic E-state index is 11.4. The van der Waals surface area contributed by atoms with Crippen LogP contribution in [0.1, 0.15) is 16.8 Å². The Kier molecular flexibility index (Phi) is 3.06. The molecule has 1 aromatic carbocycles. The number of benzene rings is 1. The average molecular weight is 282 g/mol. The molecule has 0 aliphatic heterocycles. The van der Waals surface area contributed by atoms with E-state index in [0.29, 0.717) is 11.5 Å². The number of nitrogens with zero attached hydrogens (tertiary/aromatic N) is 3. The zero-order chi connectivity index (χ0) is 15.0. The third kappa shape index (κ3) is 2.55. The average Bonchev–Trinajstić information content (AvgIpc) is 2.74. The maximum absolute atomic E-state index is 11.4. The fraction of sp³-hybridized carbons (Fsp3) is 0.133. The smallest absolute Gasteiger partial charge is 0.336 e. The van der Waals surface area contributed by atoms with Gasteiger partial charge in [-0.15, -0.1) is 0 Å². The molecule has 21 heavy (non-hydrogen) atoms. The summed E-state index contributed by atoms with van der Waals surface area (Å²) in [6.45, 7) is 3.72. The Labute approximate surface area is 120 Å². The van der Waals surface area contributed by atoms with Gasteiger partial charge in [-0.3, -0.25) is 0 Å². The predicted molar refractivity (Wildman–Crippen MR) is 81.6 cm³/mol. The van der Waals surface area contributed by atoms with Gasteiger partial charge in [-0.05, 0) is 31.0 Å². The fourth-order valence-corrected chi connectivity index (χ4v) is 2.15. The largest absolute Gasteiger partial charge is 0.423 e. The van der Waals surface area contributed by atoms with E-state index in [4.69, 9.17) is 10.2 Å². The van der Waals surface area contributed by atoms with Crippen molar-refractivity contribution in [1.82, 2.24) is 9.66 Å². The summed E-state index contributed by atoms with van der Waals surface area (Å²) in [4.78, 5) is 15.5. The predicted octanol–water partition coefficient (Wildman–Crippen LogP) is 2.07. The molecule has 2 heterocycles. The van der Waals surface area contributed by atoms with Crippen LogP contribution < -0.4 is 11.4 Å². The first kappa shape index (κ1) is 13.1. The number of hydrogen-bond donors (Lipinski definition) is 1. The summed E-state index contributed by atoms with van der Waals surface area (Å²) in [5, 5.41) is 5.14. The Balaban J connectivity index is 2.02. The Bertz CT molecular complexity index is 906. The minimum atomic E-state index is -0.358. The molecular formula is C15H14N4O2. The molecule has 0 atom stereocenters. The van der Waals surface area contributed by atoms with Gasteiger partial charge in [-0.1, -0.05) is 12.1 Å². The zero-order valence-corrected chi connectivity index (χ0v) is 11.7. The number of aryl methyl sites for hydroxylation is 2. The monoisotopic (exact) mass is 282 g/mol. The zero-order valence-electron chi connectivity index (χ0n) is 11.7. The molecule has 0 spiro atoms. The number of nitrogen functional groups attached to an aromatic ring is 1. The Morgan fingerprint density at radius 3 is 2.86 bits per heavy atom. The first-order valence-electron chi connectivity index (χ1n) is 6.43. The molecular weight excluding hydrogens is 268 g/mol. The van der Waals surface area contributed by atoms with Crippen molar-refractivity contribution in [3.05, 3.63) is 57.7 Å². The molecule has 2 N–H and O–H groups in total. The lowest BCUT2D eigenvalue weighted by Crippen LogP contribution is -1.99. The van der Waals surface area contributed by atoms with Crippen LogP contribution in [0.5, 0.6) is 0 Å². The number of imidazole rings is 1. The molecule has 0 unspecified atom stereocenters. The van der Waals surface area contributed by atoms with Gasteiger partial charge in [-0.25, -0.2) is 14.5 Å². The van der Waals surface area contributed by atoms with Crippen LogP contribution in [0.25, 0.3) is 11.0 Å². The van der Waals surface area contributed by atoms with Crippen LogP contribution in [0.4, 0.5) is 5.95 Å². The third-order valence-corrected chi connectivity index (χ3v) is 3.14. The van der Waals surface area contributed by atoms with E-state index in [1.54, 1.807) is 18.5 Å². The van der Waals surface area contributed by atoms with Crippen molar-refractivity contribution >= 4 is 23.1 Å². The van der Waals surface area contributed by atoms with E-state index in [-0.39, 0.29) is 5.63 Å². The van der Waals surface area contributed by atoms with Gasteiger partial charge >= 0.3 is 5.63 Å². The van der Waals surface area contributed by atoms with Gasteiger partial charge < -0.3 is 10.2 Å². The molecule has 3 aromatic rings. The van der Waals surface area contributed by atoms with Crippen molar-refractivity contribution < 1.29 is 4.42 Å². The quantitative estimate of drug-likeness (QED) is 0.576. The van der Waals surface area contributed by atoms with Crippen molar-refractivity contribution in [2.24, 2.45) is 5.10 Å². The van der Waals surface area contributed by atoms with E-state index >= 15 is 0 Å². The highest BCUT2D eigenvalue weighted by Gasteiger charge is 2.03. The van der Waals surface area contributed by atoms with Crippen LogP contribution in [-0.4, -0.2) is 15.9 Å². The van der Waals surface area contributed by atoms with E-state index in [9.17, 15) is 4.79 Å². The van der Waals surface area contributed by atoms with Crippen LogP contribution in [0.3, 0.4) is 0 Å². The summed E-state index contributed by atoms with van der Waals surface area (Å²) in [5.74, 6) is 0.326.